The Morgan fingerprint density at radius 3 is 2.33 bits per heavy atom. The summed E-state index contributed by atoms with van der Waals surface area (Å²) in [5.41, 5.74) is -1.29. The fourth-order valence-corrected chi connectivity index (χ4v) is 5.14. The van der Waals surface area contributed by atoms with E-state index in [1.165, 1.54) is 12.1 Å². The van der Waals surface area contributed by atoms with Crippen molar-refractivity contribution in [3.8, 4) is 17.1 Å². The first-order chi connectivity index (χ1) is 22.9. The van der Waals surface area contributed by atoms with Gasteiger partial charge in [0.25, 0.3) is 0 Å². The van der Waals surface area contributed by atoms with Crippen LogP contribution in [-0.4, -0.2) is 57.5 Å². The minimum Gasteiger partial charge on any atom is -0.494 e. The molecule has 266 valence electrons. The number of nitrogens with zero attached hydrogens (tertiary/aromatic N) is 4. The number of rotatable bonds is 8. The Morgan fingerprint density at radius 1 is 1.00 bits per heavy atom. The predicted octanol–water partition coefficient (Wildman–Crippen LogP) is 8.28. The van der Waals surface area contributed by atoms with Crippen LogP contribution >= 0.6 is 0 Å². The molecule has 1 aliphatic heterocycles. The van der Waals surface area contributed by atoms with Crippen molar-refractivity contribution in [1.29, 1.82) is 0 Å². The van der Waals surface area contributed by atoms with E-state index < -0.39 is 41.2 Å². The Kier molecular flexibility index (Phi) is 11.6. The summed E-state index contributed by atoms with van der Waals surface area (Å²) in [6.07, 6.45) is -3.86. The molecule has 1 aliphatic rings. The summed E-state index contributed by atoms with van der Waals surface area (Å²) in [4.78, 5) is 35.4. The van der Waals surface area contributed by atoms with Gasteiger partial charge in [0.2, 0.25) is 17.7 Å². The van der Waals surface area contributed by atoms with Crippen LogP contribution in [0.3, 0.4) is 0 Å². The summed E-state index contributed by atoms with van der Waals surface area (Å²) in [6, 6.07) is 10.7. The first-order valence-electron chi connectivity index (χ1n) is 16.3. The number of aromatic nitrogens is 2. The number of hydrogen-bond donors (Lipinski definition) is 1. The zero-order valence-electron chi connectivity index (χ0n) is 28.9. The van der Waals surface area contributed by atoms with Crippen LogP contribution in [0, 0.1) is 0 Å². The molecule has 2 heterocycles. The molecule has 2 aromatic carbocycles. The minimum atomic E-state index is -4.61. The summed E-state index contributed by atoms with van der Waals surface area (Å²) >= 11 is 0. The van der Waals surface area contributed by atoms with E-state index in [9.17, 15) is 22.8 Å². The van der Waals surface area contributed by atoms with Gasteiger partial charge in [-0.05, 0) is 103 Å². The van der Waals surface area contributed by atoms with Crippen molar-refractivity contribution in [2.75, 3.05) is 13.2 Å². The van der Waals surface area contributed by atoms with Crippen molar-refractivity contribution < 1.29 is 41.5 Å². The molecule has 1 saturated heterocycles. The number of ether oxygens (including phenoxy) is 3. The number of hydrogen-bond acceptors (Lipinski definition) is 8. The Bertz CT molecular complexity index is 1620. The molecule has 4 rings (SSSR count). The van der Waals surface area contributed by atoms with Gasteiger partial charge in [0.15, 0.2) is 0 Å². The van der Waals surface area contributed by atoms with Crippen molar-refractivity contribution in [3.05, 3.63) is 65.0 Å². The van der Waals surface area contributed by atoms with Crippen molar-refractivity contribution in [3.63, 3.8) is 0 Å². The monoisotopic (exact) mass is 687 g/mol. The molecule has 2 amide bonds. The van der Waals surface area contributed by atoms with Gasteiger partial charge < -0.3 is 23.6 Å². The lowest BCUT2D eigenvalue weighted by molar-refractivity contribution is -0.138. The number of benzene rings is 2. The molecule has 0 aliphatic carbocycles. The highest BCUT2D eigenvalue weighted by Gasteiger charge is 2.37. The van der Waals surface area contributed by atoms with Crippen molar-refractivity contribution in [2.45, 2.75) is 104 Å². The van der Waals surface area contributed by atoms with Crippen LogP contribution in [0.25, 0.3) is 11.4 Å². The molecule has 1 fully saturated rings. The molecule has 1 atom stereocenters. The normalized spacial score (nSPS) is 15.7. The van der Waals surface area contributed by atoms with Gasteiger partial charge in [0, 0.05) is 12.1 Å². The maximum absolute atomic E-state index is 14.3. The predicted molar refractivity (Wildman–Crippen MR) is 176 cm³/mol. The lowest BCUT2D eigenvalue weighted by atomic mass is 9.97. The van der Waals surface area contributed by atoms with Crippen LogP contribution in [0.1, 0.15) is 96.4 Å². The number of nitrogens with one attached hydrogen (secondary N) is 1. The summed E-state index contributed by atoms with van der Waals surface area (Å²) in [5.74, 6) is 0.626. The highest BCUT2D eigenvalue weighted by Crippen LogP contribution is 2.37. The molecule has 1 unspecified atom stereocenters. The molecule has 0 saturated carbocycles. The van der Waals surface area contributed by atoms with Gasteiger partial charge in [-0.25, -0.2) is 9.59 Å². The number of likely N-dealkylation sites (tertiary alicyclic amines) is 1. The number of guanidine groups is 1. The summed E-state index contributed by atoms with van der Waals surface area (Å²) in [7, 11) is 0. The maximum atomic E-state index is 14.3. The third kappa shape index (κ3) is 10.9. The Hall–Kier alpha value is -4.62. The van der Waals surface area contributed by atoms with Gasteiger partial charge >= 0.3 is 18.4 Å². The molecule has 1 aromatic heterocycles. The second-order valence-electron chi connectivity index (χ2n) is 13.7. The number of halogens is 3. The number of carbonyl (C=O) groups is 2. The van der Waals surface area contributed by atoms with E-state index in [-0.39, 0.29) is 35.2 Å². The largest absolute Gasteiger partial charge is 0.494 e. The van der Waals surface area contributed by atoms with E-state index >= 15 is 0 Å². The van der Waals surface area contributed by atoms with E-state index in [0.29, 0.717) is 32.4 Å². The van der Waals surface area contributed by atoms with Crippen molar-refractivity contribution in [2.24, 2.45) is 4.99 Å². The fourth-order valence-electron chi connectivity index (χ4n) is 5.14. The van der Waals surface area contributed by atoms with Gasteiger partial charge in [-0.3, -0.25) is 5.32 Å². The average Bonchev–Trinajstić information content (AvgIpc) is 3.67. The highest BCUT2D eigenvalue weighted by molar-refractivity contribution is 5.99. The highest BCUT2D eigenvalue weighted by atomic mass is 19.4. The Labute approximate surface area is 284 Å². The minimum absolute atomic E-state index is 0.0349. The topological polar surface area (TPSA) is 128 Å². The smallest absolute Gasteiger partial charge is 0.437 e. The number of alkyl carbamates (subject to hydrolysis) is 1. The molecule has 11 nitrogen and oxygen atoms in total. The molecule has 0 bridgehead atoms. The van der Waals surface area contributed by atoms with E-state index in [0.717, 1.165) is 23.8 Å². The fraction of sp³-hybridized carbons (Fsp3) is 0.514. The second-order valence-corrected chi connectivity index (χ2v) is 13.7. The lowest BCUT2D eigenvalue weighted by Gasteiger charge is -2.27. The van der Waals surface area contributed by atoms with E-state index in [4.69, 9.17) is 18.7 Å². The van der Waals surface area contributed by atoms with Crippen LogP contribution in [-0.2, 0) is 28.5 Å². The molecule has 3 aromatic rings. The average molecular weight is 688 g/mol. The first kappa shape index (κ1) is 37.2. The molecule has 0 radical (unpaired) electrons. The Balaban J connectivity index is 1.56. The summed E-state index contributed by atoms with van der Waals surface area (Å²) in [5, 5.41) is 6.51. The van der Waals surface area contributed by atoms with Crippen LogP contribution in [0.15, 0.2) is 52.0 Å². The number of aliphatic imine (C=N–C) groups is 1. The third-order valence-corrected chi connectivity index (χ3v) is 7.21. The number of carbonyl (C=O) groups excluding carboxylic acids is 2. The molecule has 1 N–H and O–H groups in total. The van der Waals surface area contributed by atoms with E-state index in [1.54, 1.807) is 46.4 Å². The molecule has 14 heteroatoms. The third-order valence-electron chi connectivity index (χ3n) is 7.21. The molecule has 49 heavy (non-hydrogen) atoms. The maximum Gasteiger partial charge on any atom is 0.437 e. The number of amides is 2. The van der Waals surface area contributed by atoms with Crippen LogP contribution in [0.2, 0.25) is 0 Å². The van der Waals surface area contributed by atoms with Gasteiger partial charge in [-0.2, -0.15) is 18.2 Å². The van der Waals surface area contributed by atoms with Gasteiger partial charge in [0.1, 0.15) is 23.0 Å². The first-order valence-corrected chi connectivity index (χ1v) is 16.3. The van der Waals surface area contributed by atoms with E-state index in [2.05, 4.69) is 20.4 Å². The quantitative estimate of drug-likeness (QED) is 0.184. The standard InChI is InChI=1S/C35H44F3N5O6/c1-8-20-46-25-17-12-22(13-18-25)11-14-23-15-16-24(21-26(23)35(36,37)38)28-39-29(49-42-28)27-10-9-19-43(27)30(40-31(44)47-33(2,3)4)41-32(45)48-34(5,6)7/h12-13,15-18,21,27H,8-11,14,19-20H2,1-7H3,(H,40,41,44,45). The van der Waals surface area contributed by atoms with Crippen molar-refractivity contribution >= 4 is 18.1 Å². The van der Waals surface area contributed by atoms with Crippen LogP contribution in [0.5, 0.6) is 5.75 Å². The zero-order chi connectivity index (χ0) is 36.0. The lowest BCUT2D eigenvalue weighted by Crippen LogP contribution is -2.46. The molecule has 0 spiro atoms. The summed E-state index contributed by atoms with van der Waals surface area (Å²) in [6.45, 7) is 13.1. The van der Waals surface area contributed by atoms with E-state index in [1.807, 2.05) is 31.2 Å². The van der Waals surface area contributed by atoms with Gasteiger partial charge in [-0.15, -0.1) is 4.99 Å². The second kappa shape index (κ2) is 15.3. The van der Waals surface area contributed by atoms with Gasteiger partial charge in [0.05, 0.1) is 12.2 Å². The van der Waals surface area contributed by atoms with Crippen LogP contribution < -0.4 is 10.1 Å². The summed E-state index contributed by atoms with van der Waals surface area (Å²) < 4.78 is 64.6. The number of alkyl halides is 3. The SMILES string of the molecule is CCCOc1ccc(CCc2ccc(-c3noc(C4CCCN4C(=NC(=O)OC(C)(C)C)NC(=O)OC(C)(C)C)n3)cc2C(F)(F)F)cc1. The number of aryl methyl sites for hydroxylation is 2. The molecular weight excluding hydrogens is 643 g/mol. The van der Waals surface area contributed by atoms with Gasteiger partial charge in [-0.1, -0.05) is 36.3 Å². The zero-order valence-corrected chi connectivity index (χ0v) is 28.9. The van der Waals surface area contributed by atoms with Crippen molar-refractivity contribution in [1.82, 2.24) is 20.4 Å². The Morgan fingerprint density at radius 2 is 1.69 bits per heavy atom. The van der Waals surface area contributed by atoms with Crippen LogP contribution in [0.4, 0.5) is 22.8 Å². The molecular formula is C35H44F3N5O6.